The Labute approximate surface area is 143 Å². The van der Waals surface area contributed by atoms with Crippen LogP contribution in [0.1, 0.15) is 58.4 Å². The van der Waals surface area contributed by atoms with E-state index < -0.39 is 0 Å². The molecule has 0 spiro atoms. The number of benzene rings is 1. The summed E-state index contributed by atoms with van der Waals surface area (Å²) in [5, 5.41) is 8.57. The number of anilines is 1. The van der Waals surface area contributed by atoms with Crippen molar-refractivity contribution in [2.75, 3.05) is 11.9 Å². The Kier molecular flexibility index (Phi) is 4.90. The van der Waals surface area contributed by atoms with Crippen LogP contribution in [-0.2, 0) is 4.79 Å². The highest BCUT2D eigenvalue weighted by molar-refractivity contribution is 5.94. The van der Waals surface area contributed by atoms with E-state index in [1.54, 1.807) is 0 Å². The lowest BCUT2D eigenvalue weighted by atomic mass is 9.71. The van der Waals surface area contributed by atoms with Crippen LogP contribution in [0.15, 0.2) is 24.4 Å². The van der Waals surface area contributed by atoms with Gasteiger partial charge in [-0.15, -0.1) is 0 Å². The molecular weight excluding hydrogens is 300 g/mol. The van der Waals surface area contributed by atoms with Gasteiger partial charge < -0.3 is 11.1 Å². The highest BCUT2D eigenvalue weighted by Gasteiger charge is 2.32. The Morgan fingerprint density at radius 1 is 1.33 bits per heavy atom. The van der Waals surface area contributed by atoms with Crippen LogP contribution in [0.25, 0.3) is 10.9 Å². The molecule has 1 fully saturated rings. The van der Waals surface area contributed by atoms with E-state index in [-0.39, 0.29) is 17.4 Å². The van der Waals surface area contributed by atoms with Gasteiger partial charge in [0.15, 0.2) is 0 Å². The van der Waals surface area contributed by atoms with Gasteiger partial charge in [-0.1, -0.05) is 19.3 Å². The Morgan fingerprint density at radius 3 is 2.75 bits per heavy atom. The zero-order valence-corrected chi connectivity index (χ0v) is 14.7. The van der Waals surface area contributed by atoms with Crippen molar-refractivity contribution in [3.63, 3.8) is 0 Å². The van der Waals surface area contributed by atoms with Crippen LogP contribution in [0.3, 0.4) is 0 Å². The van der Waals surface area contributed by atoms with E-state index in [1.165, 1.54) is 19.3 Å². The number of hydrogen-bond donors (Lipinski definition) is 2. The molecule has 0 saturated heterocycles. The van der Waals surface area contributed by atoms with Crippen LogP contribution >= 0.6 is 0 Å². The largest absolute Gasteiger partial charge is 0.330 e. The third-order valence-electron chi connectivity index (χ3n) is 5.25. The van der Waals surface area contributed by atoms with E-state index in [9.17, 15) is 4.79 Å². The lowest BCUT2D eigenvalue weighted by Crippen LogP contribution is -2.36. The van der Waals surface area contributed by atoms with Crippen molar-refractivity contribution < 1.29 is 4.79 Å². The molecule has 3 N–H and O–H groups in total. The molecule has 3 rings (SSSR count). The maximum absolute atomic E-state index is 12.5. The first-order valence-electron chi connectivity index (χ1n) is 9.00. The minimum Gasteiger partial charge on any atom is -0.330 e. The molecule has 5 nitrogen and oxygen atoms in total. The summed E-state index contributed by atoms with van der Waals surface area (Å²) in [6.45, 7) is 4.80. The molecule has 1 aromatic carbocycles. The summed E-state index contributed by atoms with van der Waals surface area (Å²) in [6, 6.07) is 6.26. The predicted octanol–water partition coefficient (Wildman–Crippen LogP) is 3.86. The van der Waals surface area contributed by atoms with E-state index >= 15 is 0 Å². The molecule has 5 heteroatoms. The summed E-state index contributed by atoms with van der Waals surface area (Å²) < 4.78 is 1.98. The van der Waals surface area contributed by atoms with E-state index in [0.29, 0.717) is 13.0 Å². The Hall–Kier alpha value is -1.88. The number of aromatic nitrogens is 2. The maximum atomic E-state index is 12.5. The molecule has 0 aliphatic heterocycles. The van der Waals surface area contributed by atoms with Crippen LogP contribution < -0.4 is 11.1 Å². The third-order valence-corrected chi connectivity index (χ3v) is 5.25. The first kappa shape index (κ1) is 17.0. The molecule has 1 aromatic heterocycles. The Bertz CT molecular complexity index is 713. The Balaban J connectivity index is 1.74. The topological polar surface area (TPSA) is 72.9 Å². The smallest absolute Gasteiger partial charge is 0.224 e. The number of carbonyl (C=O) groups excluding carboxylic acids is 1. The van der Waals surface area contributed by atoms with Gasteiger partial charge in [-0.3, -0.25) is 9.48 Å². The second kappa shape index (κ2) is 6.93. The van der Waals surface area contributed by atoms with Gasteiger partial charge in [-0.25, -0.2) is 0 Å². The zero-order valence-electron chi connectivity index (χ0n) is 14.7. The predicted molar refractivity (Wildman–Crippen MR) is 97.9 cm³/mol. The Morgan fingerprint density at radius 2 is 2.08 bits per heavy atom. The molecule has 0 radical (unpaired) electrons. The van der Waals surface area contributed by atoms with Crippen LogP contribution in [0.5, 0.6) is 0 Å². The van der Waals surface area contributed by atoms with Gasteiger partial charge in [0.25, 0.3) is 0 Å². The van der Waals surface area contributed by atoms with Gasteiger partial charge in [-0.2, -0.15) is 5.10 Å². The van der Waals surface area contributed by atoms with Gasteiger partial charge in [-0.05, 0) is 56.8 Å². The first-order chi connectivity index (χ1) is 11.5. The average Bonchev–Trinajstić information content (AvgIpc) is 2.99. The summed E-state index contributed by atoms with van der Waals surface area (Å²) in [4.78, 5) is 12.5. The monoisotopic (exact) mass is 328 g/mol. The molecule has 130 valence electrons. The van der Waals surface area contributed by atoms with E-state index in [1.807, 2.05) is 29.1 Å². The summed E-state index contributed by atoms with van der Waals surface area (Å²) in [5.74, 6) is 0.0670. The van der Waals surface area contributed by atoms with Crippen molar-refractivity contribution in [1.82, 2.24) is 9.78 Å². The molecule has 24 heavy (non-hydrogen) atoms. The minimum absolute atomic E-state index is 0.00780. The number of hydrogen-bond acceptors (Lipinski definition) is 3. The second-order valence-electron chi connectivity index (χ2n) is 7.45. The number of nitrogens with one attached hydrogen (secondary N) is 1. The normalized spacial score (nSPS) is 17.3. The van der Waals surface area contributed by atoms with Crippen molar-refractivity contribution in [3.05, 3.63) is 24.4 Å². The van der Waals surface area contributed by atoms with Crippen molar-refractivity contribution in [2.24, 2.45) is 11.1 Å². The lowest BCUT2D eigenvalue weighted by Gasteiger charge is -2.35. The number of amides is 1. The molecule has 1 heterocycles. The van der Waals surface area contributed by atoms with E-state index in [4.69, 9.17) is 5.73 Å². The molecule has 1 amide bonds. The fraction of sp³-hybridized carbons (Fsp3) is 0.579. The van der Waals surface area contributed by atoms with Crippen molar-refractivity contribution in [3.8, 4) is 0 Å². The van der Waals surface area contributed by atoms with Crippen molar-refractivity contribution in [1.29, 1.82) is 0 Å². The second-order valence-corrected chi connectivity index (χ2v) is 7.45. The lowest BCUT2D eigenvalue weighted by molar-refractivity contribution is -0.118. The number of rotatable bonds is 5. The van der Waals surface area contributed by atoms with Gasteiger partial charge >= 0.3 is 0 Å². The van der Waals surface area contributed by atoms with Crippen molar-refractivity contribution in [2.45, 2.75) is 58.4 Å². The molecule has 0 atom stereocenters. The zero-order chi connectivity index (χ0) is 17.2. The number of carbonyl (C=O) groups is 1. The molecule has 0 bridgehead atoms. The third kappa shape index (κ3) is 3.46. The van der Waals surface area contributed by atoms with E-state index in [0.717, 1.165) is 29.4 Å². The van der Waals surface area contributed by atoms with Gasteiger partial charge in [0.05, 0.1) is 11.7 Å². The average molecular weight is 328 g/mol. The molecule has 2 aromatic rings. The number of fused-ring (bicyclic) bond motifs is 1. The van der Waals surface area contributed by atoms with Gasteiger partial charge in [0, 0.05) is 23.5 Å². The van der Waals surface area contributed by atoms with Gasteiger partial charge in [0.2, 0.25) is 5.91 Å². The quantitative estimate of drug-likeness (QED) is 0.875. The highest BCUT2D eigenvalue weighted by Crippen LogP contribution is 2.38. The fourth-order valence-electron chi connectivity index (χ4n) is 3.83. The minimum atomic E-state index is -0.00780. The molecule has 1 saturated carbocycles. The van der Waals surface area contributed by atoms with Crippen LogP contribution in [0.4, 0.5) is 5.69 Å². The van der Waals surface area contributed by atoms with Crippen LogP contribution in [0.2, 0.25) is 0 Å². The van der Waals surface area contributed by atoms with E-state index in [2.05, 4.69) is 24.3 Å². The van der Waals surface area contributed by atoms with Crippen LogP contribution in [0, 0.1) is 5.41 Å². The van der Waals surface area contributed by atoms with Gasteiger partial charge in [0.1, 0.15) is 0 Å². The number of nitrogens with two attached hydrogens (primary N) is 1. The molecular formula is C19H28N4O. The fourth-order valence-corrected chi connectivity index (χ4v) is 3.83. The van der Waals surface area contributed by atoms with Crippen molar-refractivity contribution >= 4 is 22.5 Å². The molecule has 0 unspecified atom stereocenters. The highest BCUT2D eigenvalue weighted by atomic mass is 16.1. The summed E-state index contributed by atoms with van der Waals surface area (Å²) in [6.07, 6.45) is 8.15. The standard InChI is InChI=1S/C19H28N4O/c1-14(2)23-17-10-16(7-6-15(17)12-21-23)22-18(24)11-19(13-20)8-4-3-5-9-19/h6-7,10,12,14H,3-5,8-9,11,13,20H2,1-2H3,(H,22,24). The summed E-state index contributed by atoms with van der Waals surface area (Å²) in [7, 11) is 0. The van der Waals surface area contributed by atoms with Crippen LogP contribution in [-0.4, -0.2) is 22.2 Å². The summed E-state index contributed by atoms with van der Waals surface area (Å²) >= 11 is 0. The summed E-state index contributed by atoms with van der Waals surface area (Å²) in [5.41, 5.74) is 7.88. The molecule has 1 aliphatic rings. The SMILES string of the molecule is CC(C)n1ncc2ccc(NC(=O)CC3(CN)CCCCC3)cc21. The maximum Gasteiger partial charge on any atom is 0.224 e. The first-order valence-corrected chi connectivity index (χ1v) is 9.00. The molecule has 1 aliphatic carbocycles. The number of nitrogens with zero attached hydrogens (tertiary/aromatic N) is 2.